The predicted molar refractivity (Wildman–Crippen MR) is 68.6 cm³/mol. The summed E-state index contributed by atoms with van der Waals surface area (Å²) < 4.78 is 18.2. The Morgan fingerprint density at radius 2 is 2.00 bits per heavy atom. The normalized spacial score (nSPS) is 10.8. The largest absolute Gasteiger partial charge is 0.356 e. The van der Waals surface area contributed by atoms with E-state index in [9.17, 15) is 4.39 Å². The average Bonchev–Trinajstić information content (AvgIpc) is 2.73. The van der Waals surface area contributed by atoms with Crippen LogP contribution in [0.5, 0.6) is 0 Å². The van der Waals surface area contributed by atoms with Crippen LogP contribution in [0.15, 0.2) is 28.8 Å². The van der Waals surface area contributed by atoms with E-state index in [0.29, 0.717) is 12.3 Å². The third kappa shape index (κ3) is 2.76. The van der Waals surface area contributed by atoms with Crippen molar-refractivity contribution in [2.24, 2.45) is 0 Å². The van der Waals surface area contributed by atoms with E-state index in [2.05, 4.69) is 17.4 Å². The second-order valence-corrected chi connectivity index (χ2v) is 4.27. The van der Waals surface area contributed by atoms with Gasteiger partial charge >= 0.3 is 0 Å². The standard InChI is InChI=1S/C14H17FN2O/c1-3-8-16-9-13-10(2)14(18-17-13)11-4-6-12(15)7-5-11/h4-7,16H,3,8-9H2,1-2H3. The van der Waals surface area contributed by atoms with E-state index >= 15 is 0 Å². The monoisotopic (exact) mass is 248 g/mol. The lowest BCUT2D eigenvalue weighted by Crippen LogP contribution is -2.14. The second-order valence-electron chi connectivity index (χ2n) is 4.27. The number of aromatic nitrogens is 1. The lowest BCUT2D eigenvalue weighted by molar-refractivity contribution is 0.420. The summed E-state index contributed by atoms with van der Waals surface area (Å²) in [5.74, 6) is 0.462. The third-order valence-corrected chi connectivity index (χ3v) is 2.85. The fourth-order valence-corrected chi connectivity index (χ4v) is 1.79. The topological polar surface area (TPSA) is 38.1 Å². The van der Waals surface area contributed by atoms with Crippen LogP contribution in [0.2, 0.25) is 0 Å². The van der Waals surface area contributed by atoms with Crippen LogP contribution in [0.4, 0.5) is 4.39 Å². The fourth-order valence-electron chi connectivity index (χ4n) is 1.79. The highest BCUT2D eigenvalue weighted by molar-refractivity contribution is 5.61. The van der Waals surface area contributed by atoms with Crippen LogP contribution in [0, 0.1) is 12.7 Å². The molecule has 1 aromatic heterocycles. The molecule has 2 aromatic rings. The van der Waals surface area contributed by atoms with E-state index in [1.165, 1.54) is 12.1 Å². The summed E-state index contributed by atoms with van der Waals surface area (Å²) in [6.07, 6.45) is 1.09. The lowest BCUT2D eigenvalue weighted by atomic mass is 10.1. The molecule has 0 atom stereocenters. The summed E-state index contributed by atoms with van der Waals surface area (Å²) in [7, 11) is 0. The molecule has 0 saturated heterocycles. The van der Waals surface area contributed by atoms with Crippen molar-refractivity contribution in [3.63, 3.8) is 0 Å². The summed E-state index contributed by atoms with van der Waals surface area (Å²) >= 11 is 0. The quantitative estimate of drug-likeness (QED) is 0.825. The van der Waals surface area contributed by atoms with Gasteiger partial charge in [0.05, 0.1) is 0 Å². The molecule has 1 aromatic carbocycles. The molecule has 4 heteroatoms. The van der Waals surface area contributed by atoms with Crippen molar-refractivity contribution in [1.29, 1.82) is 0 Å². The van der Waals surface area contributed by atoms with Gasteiger partial charge in [0.15, 0.2) is 5.76 Å². The van der Waals surface area contributed by atoms with E-state index in [1.54, 1.807) is 12.1 Å². The molecule has 0 fully saturated rings. The minimum absolute atomic E-state index is 0.249. The van der Waals surface area contributed by atoms with Gasteiger partial charge in [0.1, 0.15) is 11.5 Å². The maximum atomic E-state index is 12.9. The molecule has 0 amide bonds. The Balaban J connectivity index is 2.17. The van der Waals surface area contributed by atoms with Crippen LogP contribution in [-0.4, -0.2) is 11.7 Å². The Morgan fingerprint density at radius 3 is 2.67 bits per heavy atom. The molecule has 0 aliphatic heterocycles. The molecule has 2 rings (SSSR count). The van der Waals surface area contributed by atoms with Crippen LogP contribution >= 0.6 is 0 Å². The Bertz CT molecular complexity index is 505. The molecular formula is C14H17FN2O. The molecule has 96 valence electrons. The molecule has 0 saturated carbocycles. The Kier molecular flexibility index (Phi) is 4.10. The SMILES string of the molecule is CCCNCc1noc(-c2ccc(F)cc2)c1C. The molecular weight excluding hydrogens is 231 g/mol. The molecule has 0 aliphatic rings. The van der Waals surface area contributed by atoms with Gasteiger partial charge in [-0.05, 0) is 44.2 Å². The number of hydrogen-bond donors (Lipinski definition) is 1. The Labute approximate surface area is 106 Å². The zero-order valence-electron chi connectivity index (χ0n) is 10.7. The molecule has 0 unspecified atom stereocenters. The first-order chi connectivity index (χ1) is 8.72. The summed E-state index contributed by atoms with van der Waals surface area (Å²) in [5.41, 5.74) is 2.76. The number of nitrogens with one attached hydrogen (secondary N) is 1. The minimum Gasteiger partial charge on any atom is -0.356 e. The second kappa shape index (κ2) is 5.78. The zero-order valence-corrected chi connectivity index (χ0v) is 10.7. The predicted octanol–water partition coefficient (Wildman–Crippen LogP) is 3.29. The highest BCUT2D eigenvalue weighted by Gasteiger charge is 2.13. The highest BCUT2D eigenvalue weighted by atomic mass is 19.1. The van der Waals surface area contributed by atoms with E-state index in [0.717, 1.165) is 29.8 Å². The summed E-state index contributed by atoms with van der Waals surface area (Å²) in [4.78, 5) is 0. The van der Waals surface area contributed by atoms with Gasteiger partial charge in [-0.1, -0.05) is 12.1 Å². The highest BCUT2D eigenvalue weighted by Crippen LogP contribution is 2.25. The van der Waals surface area contributed by atoms with E-state index in [4.69, 9.17) is 4.52 Å². The molecule has 0 spiro atoms. The third-order valence-electron chi connectivity index (χ3n) is 2.85. The fraction of sp³-hybridized carbons (Fsp3) is 0.357. The van der Waals surface area contributed by atoms with Crippen molar-refractivity contribution in [3.8, 4) is 11.3 Å². The molecule has 1 N–H and O–H groups in total. The molecule has 0 bridgehead atoms. The smallest absolute Gasteiger partial charge is 0.170 e. The maximum Gasteiger partial charge on any atom is 0.170 e. The van der Waals surface area contributed by atoms with Gasteiger partial charge in [-0.2, -0.15) is 0 Å². The van der Waals surface area contributed by atoms with Gasteiger partial charge in [-0.15, -0.1) is 0 Å². The van der Waals surface area contributed by atoms with Crippen molar-refractivity contribution in [3.05, 3.63) is 41.3 Å². The number of nitrogens with zero attached hydrogens (tertiary/aromatic N) is 1. The lowest BCUT2D eigenvalue weighted by Gasteiger charge is -2.00. The van der Waals surface area contributed by atoms with Crippen molar-refractivity contribution in [2.75, 3.05) is 6.54 Å². The van der Waals surface area contributed by atoms with Crippen LogP contribution < -0.4 is 5.32 Å². The molecule has 0 aliphatic carbocycles. The van der Waals surface area contributed by atoms with Gasteiger partial charge in [0, 0.05) is 17.7 Å². The van der Waals surface area contributed by atoms with Crippen molar-refractivity contribution >= 4 is 0 Å². The molecule has 18 heavy (non-hydrogen) atoms. The Hall–Kier alpha value is -1.68. The van der Waals surface area contributed by atoms with E-state index in [1.807, 2.05) is 6.92 Å². The minimum atomic E-state index is -0.249. The number of halogens is 1. The van der Waals surface area contributed by atoms with E-state index < -0.39 is 0 Å². The van der Waals surface area contributed by atoms with Crippen molar-refractivity contribution < 1.29 is 8.91 Å². The van der Waals surface area contributed by atoms with Crippen LogP contribution in [0.3, 0.4) is 0 Å². The number of hydrogen-bond acceptors (Lipinski definition) is 3. The van der Waals surface area contributed by atoms with Crippen LogP contribution in [0.25, 0.3) is 11.3 Å². The summed E-state index contributed by atoms with van der Waals surface area (Å²) in [6.45, 7) is 5.74. The van der Waals surface area contributed by atoms with Crippen molar-refractivity contribution in [1.82, 2.24) is 10.5 Å². The van der Waals surface area contributed by atoms with Gasteiger partial charge in [-0.25, -0.2) is 4.39 Å². The summed E-state index contributed by atoms with van der Waals surface area (Å²) in [5, 5.41) is 7.34. The van der Waals surface area contributed by atoms with Crippen molar-refractivity contribution in [2.45, 2.75) is 26.8 Å². The Morgan fingerprint density at radius 1 is 1.28 bits per heavy atom. The number of rotatable bonds is 5. The molecule has 3 nitrogen and oxygen atoms in total. The number of benzene rings is 1. The summed E-state index contributed by atoms with van der Waals surface area (Å²) in [6, 6.07) is 6.25. The van der Waals surface area contributed by atoms with Crippen LogP contribution in [-0.2, 0) is 6.54 Å². The molecule has 1 heterocycles. The van der Waals surface area contributed by atoms with E-state index in [-0.39, 0.29) is 5.82 Å². The van der Waals surface area contributed by atoms with Gasteiger partial charge in [0.2, 0.25) is 0 Å². The molecule has 0 radical (unpaired) electrons. The zero-order chi connectivity index (χ0) is 13.0. The maximum absolute atomic E-state index is 12.9. The van der Waals surface area contributed by atoms with Gasteiger partial charge in [-0.3, -0.25) is 0 Å². The first-order valence-corrected chi connectivity index (χ1v) is 6.14. The first-order valence-electron chi connectivity index (χ1n) is 6.14. The van der Waals surface area contributed by atoms with Crippen LogP contribution in [0.1, 0.15) is 24.6 Å². The average molecular weight is 248 g/mol. The first kappa shape index (κ1) is 12.8. The van der Waals surface area contributed by atoms with Gasteiger partial charge < -0.3 is 9.84 Å². The van der Waals surface area contributed by atoms with Gasteiger partial charge in [0.25, 0.3) is 0 Å².